The van der Waals surface area contributed by atoms with Crippen molar-refractivity contribution in [2.45, 2.75) is 6.42 Å². The second-order valence-electron chi connectivity index (χ2n) is 2.70. The van der Waals surface area contributed by atoms with E-state index in [0.29, 0.717) is 9.23 Å². The summed E-state index contributed by atoms with van der Waals surface area (Å²) in [5.74, 6) is -0.425. The molecule has 0 unspecified atom stereocenters. The third-order valence-electron chi connectivity index (χ3n) is 1.74. The van der Waals surface area contributed by atoms with E-state index in [0.717, 1.165) is 11.8 Å². The number of nitro groups is 1. The molecule has 2 rings (SSSR count). The van der Waals surface area contributed by atoms with Gasteiger partial charge in [0.05, 0.1) is 0 Å². The number of thioether (sulfide) groups is 1. The fourth-order valence-electron chi connectivity index (χ4n) is 1.14. The molecular formula is C7H4N2O4S2. The van der Waals surface area contributed by atoms with Crippen LogP contribution in [-0.2, 0) is 9.53 Å². The average molecular weight is 244 g/mol. The van der Waals surface area contributed by atoms with Gasteiger partial charge in [-0.1, -0.05) is 24.0 Å². The Hall–Kier alpha value is -1.41. The van der Waals surface area contributed by atoms with E-state index in [2.05, 4.69) is 5.32 Å². The number of carbonyl (C=O) groups is 1. The van der Waals surface area contributed by atoms with Gasteiger partial charge in [-0.25, -0.2) is 0 Å². The van der Waals surface area contributed by atoms with Crippen LogP contribution in [0.5, 0.6) is 0 Å². The lowest BCUT2D eigenvalue weighted by Crippen LogP contribution is -2.18. The van der Waals surface area contributed by atoms with Crippen LogP contribution in [0.4, 0.5) is 0 Å². The van der Waals surface area contributed by atoms with Gasteiger partial charge < -0.3 is 10.1 Å². The molecule has 0 aromatic rings. The van der Waals surface area contributed by atoms with Crippen LogP contribution in [0, 0.1) is 10.1 Å². The van der Waals surface area contributed by atoms with E-state index in [-0.39, 0.29) is 24.0 Å². The van der Waals surface area contributed by atoms with E-state index in [4.69, 9.17) is 17.0 Å². The maximum absolute atomic E-state index is 11.3. The van der Waals surface area contributed by atoms with Gasteiger partial charge in [0, 0.05) is 12.5 Å². The number of allylic oxidation sites excluding steroid dienone is 1. The van der Waals surface area contributed by atoms with Crippen molar-refractivity contribution < 1.29 is 14.5 Å². The maximum Gasteiger partial charge on any atom is 0.429 e. The van der Waals surface area contributed by atoms with Crippen molar-refractivity contribution >= 4 is 34.2 Å². The summed E-state index contributed by atoms with van der Waals surface area (Å²) in [6.45, 7) is 0. The van der Waals surface area contributed by atoms with Crippen molar-refractivity contribution in [2.75, 3.05) is 0 Å². The standard InChI is InChI=1S/C7H4N2O4S2/c10-6-5(15-7(14)8-6)3-1-2-4(13-3)9(11)12/h2H,1H2,(H,8,10,14). The van der Waals surface area contributed by atoms with Gasteiger partial charge in [0.1, 0.15) is 19.9 Å². The predicted octanol–water partition coefficient (Wildman–Crippen LogP) is 0.884. The molecule has 1 N–H and O–H groups in total. The molecule has 0 aromatic heterocycles. The molecule has 0 bridgehead atoms. The average Bonchev–Trinajstić information content (AvgIpc) is 2.71. The van der Waals surface area contributed by atoms with Crippen LogP contribution in [0.2, 0.25) is 0 Å². The van der Waals surface area contributed by atoms with Crippen molar-refractivity contribution in [3.05, 3.63) is 32.7 Å². The third kappa shape index (κ3) is 1.85. The number of amides is 1. The SMILES string of the molecule is O=C1NC(=S)SC1=C1CC=C([N+](=O)[O-])O1. The molecule has 0 aromatic carbocycles. The molecule has 1 saturated heterocycles. The number of rotatable bonds is 1. The Balaban J connectivity index is 2.22. The van der Waals surface area contributed by atoms with Gasteiger partial charge in [-0.15, -0.1) is 0 Å². The highest BCUT2D eigenvalue weighted by Crippen LogP contribution is 2.33. The van der Waals surface area contributed by atoms with Crippen LogP contribution in [-0.4, -0.2) is 15.2 Å². The number of carbonyl (C=O) groups excluding carboxylic acids is 1. The summed E-state index contributed by atoms with van der Waals surface area (Å²) in [4.78, 5) is 21.3. The number of ether oxygens (including phenoxy) is 1. The van der Waals surface area contributed by atoms with Gasteiger partial charge in [0.15, 0.2) is 0 Å². The van der Waals surface area contributed by atoms with Crippen molar-refractivity contribution in [1.82, 2.24) is 5.32 Å². The minimum atomic E-state index is -0.636. The van der Waals surface area contributed by atoms with Crippen molar-refractivity contribution in [1.29, 1.82) is 0 Å². The summed E-state index contributed by atoms with van der Waals surface area (Å²) >= 11 is 5.83. The minimum Gasteiger partial charge on any atom is -0.404 e. The summed E-state index contributed by atoms with van der Waals surface area (Å²) in [6, 6.07) is 0. The summed E-state index contributed by atoms with van der Waals surface area (Å²) in [5.41, 5.74) is 0. The Labute approximate surface area is 93.5 Å². The van der Waals surface area contributed by atoms with E-state index in [1.165, 1.54) is 6.08 Å². The summed E-state index contributed by atoms with van der Waals surface area (Å²) in [6.07, 6.45) is 1.56. The number of nitrogens with one attached hydrogen (secondary N) is 1. The lowest BCUT2D eigenvalue weighted by Gasteiger charge is -1.99. The Kier molecular flexibility index (Phi) is 2.45. The molecule has 0 atom stereocenters. The lowest BCUT2D eigenvalue weighted by molar-refractivity contribution is -0.457. The summed E-state index contributed by atoms with van der Waals surface area (Å²) < 4.78 is 5.26. The van der Waals surface area contributed by atoms with E-state index >= 15 is 0 Å². The molecular weight excluding hydrogens is 240 g/mol. The Morgan fingerprint density at radius 2 is 2.40 bits per heavy atom. The fraction of sp³-hybridized carbons (Fsp3) is 0.143. The topological polar surface area (TPSA) is 81.5 Å². The van der Waals surface area contributed by atoms with Gasteiger partial charge in [-0.05, 0) is 0 Å². The van der Waals surface area contributed by atoms with Crippen molar-refractivity contribution in [2.24, 2.45) is 0 Å². The lowest BCUT2D eigenvalue weighted by atomic mass is 10.3. The first-order chi connectivity index (χ1) is 7.08. The zero-order valence-electron chi connectivity index (χ0n) is 7.18. The first-order valence-electron chi connectivity index (χ1n) is 3.86. The first kappa shape index (κ1) is 10.1. The molecule has 6 nitrogen and oxygen atoms in total. The number of nitrogens with zero attached hydrogens (tertiary/aromatic N) is 1. The highest BCUT2D eigenvalue weighted by atomic mass is 32.2. The highest BCUT2D eigenvalue weighted by molar-refractivity contribution is 8.26. The molecule has 2 aliphatic rings. The Bertz CT molecular complexity index is 440. The van der Waals surface area contributed by atoms with Gasteiger partial charge >= 0.3 is 5.88 Å². The largest absolute Gasteiger partial charge is 0.429 e. The quantitative estimate of drug-likeness (QED) is 0.319. The zero-order valence-corrected chi connectivity index (χ0v) is 8.81. The first-order valence-corrected chi connectivity index (χ1v) is 5.09. The number of hydrogen-bond acceptors (Lipinski definition) is 6. The maximum atomic E-state index is 11.3. The van der Waals surface area contributed by atoms with Crippen LogP contribution >= 0.6 is 24.0 Å². The van der Waals surface area contributed by atoms with Crippen LogP contribution in [0.1, 0.15) is 6.42 Å². The molecule has 1 fully saturated rings. The monoisotopic (exact) mass is 244 g/mol. The van der Waals surface area contributed by atoms with Crippen molar-refractivity contribution in [3.63, 3.8) is 0 Å². The van der Waals surface area contributed by atoms with Crippen LogP contribution in [0.3, 0.4) is 0 Å². The number of thiocarbonyl (C=S) groups is 1. The molecule has 0 aliphatic carbocycles. The predicted molar refractivity (Wildman–Crippen MR) is 56.1 cm³/mol. The Morgan fingerprint density at radius 1 is 1.67 bits per heavy atom. The van der Waals surface area contributed by atoms with Gasteiger partial charge in [0.25, 0.3) is 5.91 Å². The summed E-state index contributed by atoms with van der Waals surface area (Å²) in [5, 5.41) is 12.8. The fourth-order valence-corrected chi connectivity index (χ4v) is 2.19. The zero-order chi connectivity index (χ0) is 11.0. The van der Waals surface area contributed by atoms with Crippen LogP contribution in [0.25, 0.3) is 0 Å². The van der Waals surface area contributed by atoms with E-state index < -0.39 is 4.92 Å². The number of hydrogen-bond donors (Lipinski definition) is 1. The second kappa shape index (κ2) is 3.63. The molecule has 78 valence electrons. The van der Waals surface area contributed by atoms with E-state index in [1.807, 2.05) is 0 Å². The molecule has 2 aliphatic heterocycles. The molecule has 8 heteroatoms. The van der Waals surface area contributed by atoms with Crippen LogP contribution < -0.4 is 5.32 Å². The summed E-state index contributed by atoms with van der Waals surface area (Å²) in [7, 11) is 0. The minimum absolute atomic E-state index is 0.245. The molecule has 2 heterocycles. The molecule has 0 saturated carbocycles. The normalized spacial score (nSPS) is 24.9. The molecule has 15 heavy (non-hydrogen) atoms. The van der Waals surface area contributed by atoms with Crippen molar-refractivity contribution in [3.8, 4) is 0 Å². The highest BCUT2D eigenvalue weighted by Gasteiger charge is 2.32. The van der Waals surface area contributed by atoms with E-state index in [1.54, 1.807) is 0 Å². The third-order valence-corrected chi connectivity index (χ3v) is 3.00. The Morgan fingerprint density at radius 3 is 2.87 bits per heavy atom. The van der Waals surface area contributed by atoms with Gasteiger partial charge in [-0.3, -0.25) is 14.9 Å². The van der Waals surface area contributed by atoms with Crippen LogP contribution in [0.15, 0.2) is 22.6 Å². The smallest absolute Gasteiger partial charge is 0.404 e. The molecule has 0 radical (unpaired) electrons. The van der Waals surface area contributed by atoms with Gasteiger partial charge in [0.2, 0.25) is 0 Å². The second-order valence-corrected chi connectivity index (χ2v) is 4.39. The molecule has 1 amide bonds. The van der Waals surface area contributed by atoms with E-state index in [9.17, 15) is 14.9 Å². The molecule has 0 spiro atoms. The van der Waals surface area contributed by atoms with Gasteiger partial charge in [-0.2, -0.15) is 0 Å².